The van der Waals surface area contributed by atoms with Gasteiger partial charge in [-0.25, -0.2) is 9.97 Å². The Balaban J connectivity index is 1.11. The lowest BCUT2D eigenvalue weighted by Crippen LogP contribution is -2.01. The monoisotopic (exact) mass is 738 g/mol. The molecule has 9 aromatic carbocycles. The highest BCUT2D eigenvalue weighted by Gasteiger charge is 2.21. The summed E-state index contributed by atoms with van der Waals surface area (Å²) in [7, 11) is 0. The molecule has 0 atom stereocenters. The fourth-order valence-electron chi connectivity index (χ4n) is 9.11. The Kier molecular flexibility index (Phi) is 7.20. The lowest BCUT2D eigenvalue weighted by Gasteiger charge is -2.14. The van der Waals surface area contributed by atoms with Crippen molar-refractivity contribution in [1.82, 2.24) is 19.1 Å². The van der Waals surface area contributed by atoms with Gasteiger partial charge in [-0.3, -0.25) is 4.57 Å². The van der Waals surface area contributed by atoms with Crippen LogP contribution in [-0.4, -0.2) is 19.1 Å². The third-order valence-corrected chi connectivity index (χ3v) is 11.7. The summed E-state index contributed by atoms with van der Waals surface area (Å²) in [5, 5.41) is 8.26. The van der Waals surface area contributed by atoms with E-state index in [1.165, 1.54) is 71.2 Å². The van der Waals surface area contributed by atoms with Gasteiger partial charge in [0, 0.05) is 38.8 Å². The van der Waals surface area contributed by atoms with Crippen LogP contribution >= 0.6 is 0 Å². The van der Waals surface area contributed by atoms with E-state index in [2.05, 4.69) is 197 Å². The van der Waals surface area contributed by atoms with Gasteiger partial charge in [0.05, 0.1) is 27.6 Å². The first-order chi connectivity index (χ1) is 28.8. The Labute approximate surface area is 334 Å². The van der Waals surface area contributed by atoms with Gasteiger partial charge < -0.3 is 4.57 Å². The maximum Gasteiger partial charge on any atom is 0.235 e. The van der Waals surface area contributed by atoms with Crippen LogP contribution in [0.25, 0.3) is 110 Å². The van der Waals surface area contributed by atoms with Crippen molar-refractivity contribution in [2.75, 3.05) is 0 Å². The maximum absolute atomic E-state index is 5.11. The Bertz CT molecular complexity index is 3500. The number of hydrogen-bond donors (Lipinski definition) is 0. The first-order valence-corrected chi connectivity index (χ1v) is 19.7. The van der Waals surface area contributed by atoms with Crippen LogP contribution in [0, 0.1) is 0 Å². The number of rotatable bonds is 5. The molecule has 0 spiro atoms. The van der Waals surface area contributed by atoms with Crippen molar-refractivity contribution in [1.29, 1.82) is 0 Å². The van der Waals surface area contributed by atoms with Crippen molar-refractivity contribution in [3.8, 4) is 45.0 Å². The molecule has 4 nitrogen and oxygen atoms in total. The molecular formula is C54H34N4. The lowest BCUT2D eigenvalue weighted by molar-refractivity contribution is 1.01. The molecule has 0 N–H and O–H groups in total. The largest absolute Gasteiger partial charge is 0.309 e. The predicted molar refractivity (Wildman–Crippen MR) is 242 cm³/mol. The molecule has 0 fully saturated rings. The summed E-state index contributed by atoms with van der Waals surface area (Å²) in [5.74, 6) is 0.664. The second-order valence-electron chi connectivity index (χ2n) is 15.0. The number of aromatic nitrogens is 4. The first-order valence-electron chi connectivity index (χ1n) is 19.7. The molecule has 270 valence electrons. The van der Waals surface area contributed by atoms with E-state index in [4.69, 9.17) is 9.97 Å². The summed E-state index contributed by atoms with van der Waals surface area (Å²) in [6.45, 7) is 0. The minimum absolute atomic E-state index is 0.664. The number of hydrogen-bond acceptors (Lipinski definition) is 2. The number of nitrogens with zero attached hydrogens (tertiary/aromatic N) is 4. The van der Waals surface area contributed by atoms with Gasteiger partial charge in [0.15, 0.2) is 0 Å². The van der Waals surface area contributed by atoms with Gasteiger partial charge in [0.2, 0.25) is 5.95 Å². The van der Waals surface area contributed by atoms with Crippen LogP contribution in [0.3, 0.4) is 0 Å². The van der Waals surface area contributed by atoms with E-state index in [1.807, 2.05) is 18.3 Å². The molecule has 0 bridgehead atoms. The molecule has 12 aromatic rings. The third kappa shape index (κ3) is 5.02. The Morgan fingerprint density at radius 1 is 0.345 bits per heavy atom. The topological polar surface area (TPSA) is 35.6 Å². The van der Waals surface area contributed by atoms with Crippen molar-refractivity contribution in [2.24, 2.45) is 0 Å². The highest BCUT2D eigenvalue weighted by Crippen LogP contribution is 2.43. The first kappa shape index (κ1) is 32.4. The SMILES string of the molecule is c1ccc(-c2cc(-c3ccccc3)cc(-n3c4ccccc4c4cc(-c5cc6c(c7ccccc57)c5ccccc5n6-c5ncc6ccccc6n5)ccc43)c2)cc1. The summed E-state index contributed by atoms with van der Waals surface area (Å²) >= 11 is 0. The van der Waals surface area contributed by atoms with E-state index in [0.29, 0.717) is 5.95 Å². The molecule has 0 radical (unpaired) electrons. The molecule has 3 aromatic heterocycles. The summed E-state index contributed by atoms with van der Waals surface area (Å²) < 4.78 is 4.67. The Morgan fingerprint density at radius 3 is 1.67 bits per heavy atom. The second-order valence-corrected chi connectivity index (χ2v) is 15.0. The maximum atomic E-state index is 5.11. The van der Waals surface area contributed by atoms with E-state index in [1.54, 1.807) is 0 Å². The average Bonchev–Trinajstić information content (AvgIpc) is 3.82. The average molecular weight is 739 g/mol. The van der Waals surface area contributed by atoms with Crippen LogP contribution in [0.15, 0.2) is 206 Å². The Hall–Kier alpha value is -7.82. The van der Waals surface area contributed by atoms with Crippen LogP contribution in [-0.2, 0) is 0 Å². The van der Waals surface area contributed by atoms with Crippen LogP contribution in [0.5, 0.6) is 0 Å². The van der Waals surface area contributed by atoms with Crippen molar-refractivity contribution >= 4 is 65.3 Å². The van der Waals surface area contributed by atoms with E-state index in [9.17, 15) is 0 Å². The molecule has 0 saturated heterocycles. The van der Waals surface area contributed by atoms with E-state index in [-0.39, 0.29) is 0 Å². The standard InChI is InChI=1S/C54H34N4/c1-3-15-35(16-4-1)39-29-40(36-17-5-2-6-18-36)31-41(30-39)57-49-25-13-10-21-43(49)47-32-37(27-28-51(47)57)46-33-52-53(44-22-9-8-20-42(44)46)45-23-11-14-26-50(45)58(52)54-55-34-38-19-7-12-24-48(38)56-54/h1-34H. The van der Waals surface area contributed by atoms with Gasteiger partial charge in [-0.05, 0) is 98.8 Å². The molecule has 58 heavy (non-hydrogen) atoms. The van der Waals surface area contributed by atoms with Gasteiger partial charge in [-0.1, -0.05) is 146 Å². The summed E-state index contributed by atoms with van der Waals surface area (Å²) in [5.41, 5.74) is 13.6. The van der Waals surface area contributed by atoms with Gasteiger partial charge >= 0.3 is 0 Å². The van der Waals surface area contributed by atoms with Crippen molar-refractivity contribution in [2.45, 2.75) is 0 Å². The smallest absolute Gasteiger partial charge is 0.235 e. The van der Waals surface area contributed by atoms with Gasteiger partial charge in [0.25, 0.3) is 0 Å². The fraction of sp³-hybridized carbons (Fsp3) is 0. The molecule has 0 aliphatic carbocycles. The van der Waals surface area contributed by atoms with E-state index in [0.717, 1.165) is 33.2 Å². The molecule has 4 heteroatoms. The minimum Gasteiger partial charge on any atom is -0.309 e. The zero-order valence-corrected chi connectivity index (χ0v) is 31.4. The zero-order chi connectivity index (χ0) is 38.2. The van der Waals surface area contributed by atoms with Crippen LogP contribution in [0.1, 0.15) is 0 Å². The van der Waals surface area contributed by atoms with Crippen LogP contribution in [0.2, 0.25) is 0 Å². The zero-order valence-electron chi connectivity index (χ0n) is 31.4. The molecule has 0 amide bonds. The number of fused-ring (bicyclic) bond motifs is 9. The minimum atomic E-state index is 0.664. The Morgan fingerprint density at radius 2 is 0.931 bits per heavy atom. The normalized spacial score (nSPS) is 11.8. The summed E-state index contributed by atoms with van der Waals surface area (Å²) in [6.07, 6.45) is 1.93. The van der Waals surface area contributed by atoms with Crippen LogP contribution in [0.4, 0.5) is 0 Å². The van der Waals surface area contributed by atoms with E-state index >= 15 is 0 Å². The lowest BCUT2D eigenvalue weighted by atomic mass is 9.94. The third-order valence-electron chi connectivity index (χ3n) is 11.7. The van der Waals surface area contributed by atoms with Crippen molar-refractivity contribution in [3.63, 3.8) is 0 Å². The van der Waals surface area contributed by atoms with Crippen molar-refractivity contribution < 1.29 is 0 Å². The summed E-state index contributed by atoms with van der Waals surface area (Å²) in [6, 6.07) is 72.1. The predicted octanol–water partition coefficient (Wildman–Crippen LogP) is 14.0. The second kappa shape index (κ2) is 12.9. The van der Waals surface area contributed by atoms with Gasteiger partial charge in [0.1, 0.15) is 0 Å². The highest BCUT2D eigenvalue weighted by atomic mass is 15.2. The van der Waals surface area contributed by atoms with Crippen molar-refractivity contribution in [3.05, 3.63) is 206 Å². The number of benzene rings is 9. The molecule has 0 aliphatic heterocycles. The molecule has 0 saturated carbocycles. The quantitative estimate of drug-likeness (QED) is 0.176. The highest BCUT2D eigenvalue weighted by molar-refractivity contribution is 6.24. The molecule has 12 rings (SSSR count). The summed E-state index contributed by atoms with van der Waals surface area (Å²) in [4.78, 5) is 10.0. The molecule has 3 heterocycles. The fourth-order valence-corrected chi connectivity index (χ4v) is 9.11. The van der Waals surface area contributed by atoms with Gasteiger partial charge in [-0.15, -0.1) is 0 Å². The van der Waals surface area contributed by atoms with Crippen LogP contribution < -0.4 is 0 Å². The molecule has 0 aliphatic rings. The molecule has 0 unspecified atom stereocenters. The van der Waals surface area contributed by atoms with Gasteiger partial charge in [-0.2, -0.15) is 0 Å². The van der Waals surface area contributed by atoms with E-state index < -0.39 is 0 Å². The number of para-hydroxylation sites is 3. The molecular weight excluding hydrogens is 705 g/mol.